The molecule has 4 rings (SSSR count). The number of hydrogen-bond acceptors (Lipinski definition) is 6. The van der Waals surface area contributed by atoms with Gasteiger partial charge in [-0.2, -0.15) is 0 Å². The summed E-state index contributed by atoms with van der Waals surface area (Å²) < 4.78 is 2.02. The molecule has 2 N–H and O–H groups in total. The minimum absolute atomic E-state index is 0.0733. The minimum atomic E-state index is -0.130. The third-order valence-electron chi connectivity index (χ3n) is 5.50. The number of aromatic nitrogens is 3. The zero-order valence-corrected chi connectivity index (χ0v) is 19.7. The Balaban J connectivity index is 1.33. The number of rotatable bonds is 8. The van der Waals surface area contributed by atoms with E-state index in [0.717, 1.165) is 48.1 Å². The number of benzene rings is 1. The van der Waals surface area contributed by atoms with Crippen LogP contribution in [0, 0.1) is 5.92 Å². The van der Waals surface area contributed by atoms with E-state index < -0.39 is 0 Å². The molecule has 1 saturated carbocycles. The van der Waals surface area contributed by atoms with Crippen LogP contribution in [0.3, 0.4) is 0 Å². The fourth-order valence-corrected chi connectivity index (χ4v) is 5.40. The van der Waals surface area contributed by atoms with E-state index in [9.17, 15) is 9.59 Å². The standard InChI is InChI=1S/C23H27N5O2S2/c1-2-28-21(19-12-7-13-31-19)26-27-23(28)32-15-20(29)24-17-10-6-11-18(14-17)25-22(30)16-8-4-3-5-9-16/h6-7,10-14,16H,2-5,8-9,15H2,1H3,(H,24,29)(H,25,30). The maximum Gasteiger partial charge on any atom is 0.234 e. The molecule has 0 aliphatic heterocycles. The summed E-state index contributed by atoms with van der Waals surface area (Å²) in [7, 11) is 0. The first-order valence-corrected chi connectivity index (χ1v) is 12.8. The van der Waals surface area contributed by atoms with Crippen LogP contribution in [0.15, 0.2) is 46.9 Å². The van der Waals surface area contributed by atoms with Crippen molar-refractivity contribution in [1.82, 2.24) is 14.8 Å². The van der Waals surface area contributed by atoms with Gasteiger partial charge in [0.2, 0.25) is 11.8 Å². The Morgan fingerprint density at radius 2 is 1.88 bits per heavy atom. The van der Waals surface area contributed by atoms with Gasteiger partial charge in [0.25, 0.3) is 0 Å². The molecule has 1 aromatic carbocycles. The number of hydrogen-bond donors (Lipinski definition) is 2. The van der Waals surface area contributed by atoms with Crippen LogP contribution in [-0.2, 0) is 16.1 Å². The summed E-state index contributed by atoms with van der Waals surface area (Å²) in [6.07, 6.45) is 5.36. The average molecular weight is 470 g/mol. The summed E-state index contributed by atoms with van der Waals surface area (Å²) in [5, 5.41) is 17.2. The molecule has 3 aromatic rings. The van der Waals surface area contributed by atoms with Gasteiger partial charge in [-0.1, -0.05) is 43.2 Å². The van der Waals surface area contributed by atoms with Crippen LogP contribution in [0.1, 0.15) is 39.0 Å². The van der Waals surface area contributed by atoms with Crippen LogP contribution < -0.4 is 10.6 Å². The van der Waals surface area contributed by atoms with Gasteiger partial charge in [-0.15, -0.1) is 21.5 Å². The van der Waals surface area contributed by atoms with Crippen molar-refractivity contribution in [3.05, 3.63) is 41.8 Å². The number of nitrogens with one attached hydrogen (secondary N) is 2. The fourth-order valence-electron chi connectivity index (χ4n) is 3.88. The Labute approximate surface area is 196 Å². The molecule has 7 nitrogen and oxygen atoms in total. The van der Waals surface area contributed by atoms with Crippen molar-refractivity contribution in [3.63, 3.8) is 0 Å². The highest BCUT2D eigenvalue weighted by molar-refractivity contribution is 7.99. The quantitative estimate of drug-likeness (QED) is 0.438. The first-order valence-electron chi connectivity index (χ1n) is 10.9. The van der Waals surface area contributed by atoms with Crippen LogP contribution >= 0.6 is 23.1 Å². The maximum absolute atomic E-state index is 12.5. The molecule has 2 aromatic heterocycles. The van der Waals surface area contributed by atoms with E-state index in [0.29, 0.717) is 11.4 Å². The van der Waals surface area contributed by atoms with Crippen molar-refractivity contribution < 1.29 is 9.59 Å². The molecule has 0 radical (unpaired) electrons. The average Bonchev–Trinajstić information content (AvgIpc) is 3.48. The second-order valence-corrected chi connectivity index (χ2v) is 9.66. The van der Waals surface area contributed by atoms with E-state index in [1.54, 1.807) is 17.4 Å². The zero-order chi connectivity index (χ0) is 22.3. The van der Waals surface area contributed by atoms with Crippen molar-refractivity contribution >= 4 is 46.3 Å². The largest absolute Gasteiger partial charge is 0.326 e. The van der Waals surface area contributed by atoms with Gasteiger partial charge in [0.1, 0.15) is 0 Å². The topological polar surface area (TPSA) is 88.9 Å². The SMILES string of the molecule is CCn1c(SCC(=O)Nc2cccc(NC(=O)C3CCCCC3)c2)nnc1-c1cccs1. The van der Waals surface area contributed by atoms with Crippen LogP contribution in [0.4, 0.5) is 11.4 Å². The predicted octanol–water partition coefficient (Wildman–Crippen LogP) is 5.28. The number of thioether (sulfide) groups is 1. The summed E-state index contributed by atoms with van der Waals surface area (Å²) in [5.41, 5.74) is 1.37. The van der Waals surface area contributed by atoms with Crippen molar-refractivity contribution in [3.8, 4) is 10.7 Å². The van der Waals surface area contributed by atoms with E-state index in [1.807, 2.05) is 47.2 Å². The van der Waals surface area contributed by atoms with Gasteiger partial charge < -0.3 is 15.2 Å². The van der Waals surface area contributed by atoms with Crippen molar-refractivity contribution in [2.24, 2.45) is 5.92 Å². The highest BCUT2D eigenvalue weighted by Gasteiger charge is 2.21. The lowest BCUT2D eigenvalue weighted by Crippen LogP contribution is -2.24. The molecule has 32 heavy (non-hydrogen) atoms. The first kappa shape index (κ1) is 22.5. The summed E-state index contributed by atoms with van der Waals surface area (Å²) in [4.78, 5) is 26.1. The second kappa shape index (κ2) is 10.8. The molecule has 2 amide bonds. The molecular formula is C23H27N5O2S2. The van der Waals surface area contributed by atoms with E-state index in [2.05, 4.69) is 20.8 Å². The minimum Gasteiger partial charge on any atom is -0.326 e. The maximum atomic E-state index is 12.5. The van der Waals surface area contributed by atoms with Gasteiger partial charge in [-0.25, -0.2) is 0 Å². The lowest BCUT2D eigenvalue weighted by Gasteiger charge is -2.20. The predicted molar refractivity (Wildman–Crippen MR) is 130 cm³/mol. The second-order valence-electron chi connectivity index (χ2n) is 7.77. The summed E-state index contributed by atoms with van der Waals surface area (Å²) >= 11 is 2.98. The number of amides is 2. The van der Waals surface area contributed by atoms with Crippen molar-refractivity contribution in [2.75, 3.05) is 16.4 Å². The third-order valence-corrected chi connectivity index (χ3v) is 7.33. The third kappa shape index (κ3) is 5.58. The molecule has 1 aliphatic carbocycles. The van der Waals surface area contributed by atoms with E-state index in [4.69, 9.17) is 0 Å². The van der Waals surface area contributed by atoms with Crippen LogP contribution in [0.5, 0.6) is 0 Å². The summed E-state index contributed by atoms with van der Waals surface area (Å²) in [5.74, 6) is 1.08. The van der Waals surface area contributed by atoms with E-state index in [-0.39, 0.29) is 23.5 Å². The number of nitrogens with zero attached hydrogens (tertiary/aromatic N) is 3. The normalized spacial score (nSPS) is 14.3. The Bertz CT molecular complexity index is 1060. The zero-order valence-electron chi connectivity index (χ0n) is 18.0. The van der Waals surface area contributed by atoms with Gasteiger partial charge >= 0.3 is 0 Å². The smallest absolute Gasteiger partial charge is 0.234 e. The summed E-state index contributed by atoms with van der Waals surface area (Å²) in [6, 6.07) is 11.3. The molecule has 9 heteroatoms. The lowest BCUT2D eigenvalue weighted by atomic mass is 9.88. The lowest BCUT2D eigenvalue weighted by molar-refractivity contribution is -0.120. The Morgan fingerprint density at radius 1 is 1.09 bits per heavy atom. The summed E-state index contributed by atoms with van der Waals surface area (Å²) in [6.45, 7) is 2.77. The van der Waals surface area contributed by atoms with Gasteiger partial charge in [-0.3, -0.25) is 9.59 Å². The molecule has 0 saturated heterocycles. The number of carbonyl (C=O) groups is 2. The van der Waals surface area contributed by atoms with Gasteiger partial charge in [-0.05, 0) is 49.4 Å². The molecule has 0 unspecified atom stereocenters. The Hall–Kier alpha value is -2.65. The number of anilines is 2. The Kier molecular flexibility index (Phi) is 7.59. The van der Waals surface area contributed by atoms with Gasteiger partial charge in [0.05, 0.1) is 10.6 Å². The monoisotopic (exact) mass is 469 g/mol. The molecule has 0 bridgehead atoms. The molecule has 1 aliphatic rings. The van der Waals surface area contributed by atoms with Gasteiger partial charge in [0, 0.05) is 23.8 Å². The molecular weight excluding hydrogens is 442 g/mol. The van der Waals surface area contributed by atoms with Crippen molar-refractivity contribution in [2.45, 2.75) is 50.7 Å². The molecule has 168 valence electrons. The van der Waals surface area contributed by atoms with Crippen LogP contribution in [0.2, 0.25) is 0 Å². The highest BCUT2D eigenvalue weighted by Crippen LogP contribution is 2.28. The van der Waals surface area contributed by atoms with Crippen LogP contribution in [0.25, 0.3) is 10.7 Å². The molecule has 2 heterocycles. The van der Waals surface area contributed by atoms with E-state index in [1.165, 1.54) is 18.2 Å². The van der Waals surface area contributed by atoms with Gasteiger partial charge in [0.15, 0.2) is 11.0 Å². The molecule has 1 fully saturated rings. The number of carbonyl (C=O) groups excluding carboxylic acids is 2. The Morgan fingerprint density at radius 3 is 2.59 bits per heavy atom. The fraction of sp³-hybridized carbons (Fsp3) is 0.391. The highest BCUT2D eigenvalue weighted by atomic mass is 32.2. The number of thiophene rings is 1. The molecule has 0 atom stereocenters. The van der Waals surface area contributed by atoms with Crippen molar-refractivity contribution in [1.29, 1.82) is 0 Å². The molecule has 0 spiro atoms. The van der Waals surface area contributed by atoms with Crippen LogP contribution in [-0.4, -0.2) is 32.3 Å². The first-order chi connectivity index (χ1) is 15.6. The van der Waals surface area contributed by atoms with E-state index >= 15 is 0 Å².